The number of hydrogen-bond acceptors (Lipinski definition) is 1. The van der Waals surface area contributed by atoms with Gasteiger partial charge in [0.25, 0.3) is 0 Å². The molecule has 0 N–H and O–H groups in total. The fourth-order valence-electron chi connectivity index (χ4n) is 8.55. The van der Waals surface area contributed by atoms with Gasteiger partial charge in [0.05, 0.1) is 134 Å². The summed E-state index contributed by atoms with van der Waals surface area (Å²) in [6.07, 6.45) is 0. The molecule has 92 heavy (non-hydrogen) atoms. The number of benzene rings is 9. The number of halogens is 8. The zero-order valence-corrected chi connectivity index (χ0v) is 74.2. The molecule has 0 aliphatic rings. The molecule has 0 amide bonds. The zero-order chi connectivity index (χ0) is 63.7. The number of nitrogens with zero attached hydrogens (tertiary/aromatic N) is 8. The normalized spacial score (nSPS) is 10.7. The lowest BCUT2D eigenvalue weighted by molar-refractivity contribution is -0.849. The first-order valence-electron chi connectivity index (χ1n) is 29.5. The molecule has 16 heteroatoms. The molecule has 0 saturated carbocycles. The molecule has 9 aromatic carbocycles. The Hall–Kier alpha value is -2.20. The number of para-hydroxylation sites is 5. The minimum atomic E-state index is -0.333. The van der Waals surface area contributed by atoms with Gasteiger partial charge in [-0.05, 0) is 114 Å². The molecule has 0 aliphatic carbocycles. The van der Waals surface area contributed by atoms with Crippen LogP contribution in [0.3, 0.4) is 0 Å². The minimum absolute atomic E-state index is 0. The Labute approximate surface area is 678 Å². The van der Waals surface area contributed by atoms with Crippen molar-refractivity contribution in [3.8, 4) is 0 Å². The van der Waals surface area contributed by atoms with Crippen LogP contribution in [0.15, 0.2) is 243 Å². The highest BCUT2D eigenvalue weighted by molar-refractivity contribution is 5.85. The van der Waals surface area contributed by atoms with Gasteiger partial charge in [-0.3, -0.25) is 26.9 Å². The molecular formula is C76H110FI7N8. The standard InChI is InChI=1S/C15H17FN.C14H16N.C13H16N.C11H19N2.C10H16N.C9H14N.C4H12N.7HI/c1-17(13-12-16,14-8-4-2-5-9-14)15-10-6-3-7-11-15;1-15(2,13-9-5-3-6-10-13)14-11-7-4-8-12-14;1-14(2,3)13-9-8-11-6-4-5-7-12(11)10-13;1-12(2)10-6-8-11(9-7-10)13(3,4)5;1-9-6-5-7-10(8-9)11(2,3)4;1-10(2,3)9-7-5-4-6-8-9;1-5(2,3)4;;;;;;;/h2-11H,12-13H2,1H3;3-12H,1-2H3;4-10H,1-3H3;6-9H,1-5H3;5-8H,1-4H3;4-8H,1-3H3;1-4H3;7*1H/q7*+1;;;;;;;/p-7/i16-1;2*1-1;3-1;2-1;2*1-1;;;;;;;. The highest BCUT2D eigenvalue weighted by Crippen LogP contribution is 2.33. The van der Waals surface area contributed by atoms with Gasteiger partial charge in [-0.1, -0.05) is 127 Å². The highest BCUT2D eigenvalue weighted by atomic mass is 127. The van der Waals surface area contributed by atoms with Crippen molar-refractivity contribution in [3.05, 3.63) is 248 Å². The second-order valence-electron chi connectivity index (χ2n) is 27.2. The van der Waals surface area contributed by atoms with Crippen molar-refractivity contribution in [2.75, 3.05) is 166 Å². The van der Waals surface area contributed by atoms with E-state index in [-0.39, 0.29) is 175 Å². The molecule has 0 saturated heterocycles. The Morgan fingerprint density at radius 2 is 0.554 bits per heavy atom. The number of alkyl halides is 1. The fraction of sp³-hybridized carbons (Fsp3) is 0.316. The summed E-state index contributed by atoms with van der Waals surface area (Å²) < 4.78 is 18.6. The van der Waals surface area contributed by atoms with E-state index in [4.69, 9.17) is 0 Å². The first-order valence-corrected chi connectivity index (χ1v) is 29.5. The molecule has 0 aromatic heterocycles. The van der Waals surface area contributed by atoms with Crippen molar-refractivity contribution in [3.63, 3.8) is 0 Å². The van der Waals surface area contributed by atoms with Gasteiger partial charge < -0.3 is 177 Å². The van der Waals surface area contributed by atoms with Crippen LogP contribution in [0.25, 0.3) is 10.8 Å². The Morgan fingerprint density at radius 1 is 0.283 bits per heavy atom. The average Bonchev–Trinajstić information content (AvgIpc) is 1.01. The van der Waals surface area contributed by atoms with Crippen LogP contribution in [-0.2, 0) is 0 Å². The molecule has 0 aliphatic heterocycles. The summed E-state index contributed by atoms with van der Waals surface area (Å²) >= 11 is 0. The van der Waals surface area contributed by atoms with Gasteiger partial charge in [-0.25, -0.2) is 4.39 Å². The number of fused-ring (bicyclic) bond motifs is 1. The van der Waals surface area contributed by atoms with Crippen LogP contribution in [0.1, 0.15) is 5.56 Å². The maximum absolute atomic E-state index is 12.8. The first-order chi connectivity index (χ1) is 39.6. The topological polar surface area (TPSA) is 3.24 Å². The van der Waals surface area contributed by atoms with E-state index in [2.05, 4.69) is 329 Å². The summed E-state index contributed by atoms with van der Waals surface area (Å²) in [5.41, 5.74) is 12.7. The van der Waals surface area contributed by atoms with E-state index in [0.29, 0.717) is 11.0 Å². The van der Waals surface area contributed by atoms with Crippen LogP contribution in [-0.4, -0.2) is 166 Å². The maximum atomic E-state index is 12.8. The molecule has 510 valence electrons. The molecule has 0 atom stereocenters. The quantitative estimate of drug-likeness (QED) is 0.0944. The number of anilines is 1. The molecule has 0 bridgehead atoms. The predicted molar refractivity (Wildman–Crippen MR) is 382 cm³/mol. The number of hydrogen-bond donors (Lipinski definition) is 0. The number of quaternary nitrogens is 7. The van der Waals surface area contributed by atoms with E-state index in [1.807, 2.05) is 73.8 Å². The zero-order valence-electron chi connectivity index (χ0n) is 59.1. The monoisotopic (exact) mass is 2040 g/mol. The Morgan fingerprint density at radius 3 is 0.848 bits per heavy atom. The van der Waals surface area contributed by atoms with E-state index >= 15 is 0 Å². The number of rotatable bonds is 11. The van der Waals surface area contributed by atoms with Gasteiger partial charge in [-0.15, -0.1) is 0 Å². The van der Waals surface area contributed by atoms with Gasteiger partial charge in [0.15, 0.2) is 0 Å². The molecule has 0 spiro atoms. The Bertz CT molecular complexity index is 3190. The van der Waals surface area contributed by atoms with Crippen molar-refractivity contribution < 1.29 is 177 Å². The average molecular weight is 2040 g/mol. The van der Waals surface area contributed by atoms with Crippen molar-refractivity contribution in [1.29, 1.82) is 0 Å². The second-order valence-corrected chi connectivity index (χ2v) is 27.2. The molecule has 9 rings (SSSR count). The van der Waals surface area contributed by atoms with Crippen LogP contribution in [0.2, 0.25) is 0 Å². The predicted octanol–water partition coefficient (Wildman–Crippen LogP) is -4.08. The van der Waals surface area contributed by atoms with Crippen LogP contribution < -0.4 is 200 Å². The largest absolute Gasteiger partial charge is 1.00 e. The summed E-state index contributed by atoms with van der Waals surface area (Å²) in [7, 11) is 45.1. The second kappa shape index (κ2) is 46.9. The van der Waals surface area contributed by atoms with Gasteiger partial charge in [0.2, 0.25) is 0 Å². The van der Waals surface area contributed by atoms with Gasteiger partial charge in [0, 0.05) is 44.0 Å². The third-order valence-electron chi connectivity index (χ3n) is 13.9. The van der Waals surface area contributed by atoms with Crippen molar-refractivity contribution in [2.24, 2.45) is 0 Å². The maximum Gasteiger partial charge on any atom is 0.139 e. The molecule has 0 unspecified atom stereocenters. The summed E-state index contributed by atoms with van der Waals surface area (Å²) in [4.78, 5) is 2.11. The summed E-state index contributed by atoms with van der Waals surface area (Å²) in [5.74, 6) is 0. The van der Waals surface area contributed by atoms with Crippen LogP contribution >= 0.6 is 0 Å². The fourth-order valence-corrected chi connectivity index (χ4v) is 8.55. The lowest BCUT2D eigenvalue weighted by Gasteiger charge is -2.32. The van der Waals surface area contributed by atoms with E-state index in [1.54, 1.807) is 0 Å². The van der Waals surface area contributed by atoms with Crippen molar-refractivity contribution in [2.45, 2.75) is 6.92 Å². The van der Waals surface area contributed by atoms with Crippen LogP contribution in [0.5, 0.6) is 0 Å². The summed E-state index contributed by atoms with van der Waals surface area (Å²) in [6.45, 7) is 2.24. The summed E-state index contributed by atoms with van der Waals surface area (Å²) in [5, 5.41) is 2.63. The molecule has 9 aromatic rings. The molecular weight excluding hydrogens is 1930 g/mol. The lowest BCUT2D eigenvalue weighted by Crippen LogP contribution is -3.00. The third-order valence-corrected chi connectivity index (χ3v) is 13.9. The summed E-state index contributed by atoms with van der Waals surface area (Å²) in [6, 6.07) is 84.0. The smallest absolute Gasteiger partial charge is 0.139 e. The van der Waals surface area contributed by atoms with E-state index in [0.717, 1.165) is 38.3 Å². The molecule has 8 nitrogen and oxygen atoms in total. The SMILES string of the molecule is CN(C)c1ccc([N+](C)(C)[11CH3])cc1.C[N+](C)(C)[11CH3].C[N+](C)([11CH3])c1ccc2ccccc2c1.C[N+](C)([11CH3])c1ccccc1.C[N+](CC[18F])(c1ccccc1)c1ccccc1.C[N+]([11CH3])(c1ccccc1)c1ccccc1.Cc1cccc([N+](C)(C)[11CH3])c1.[I-].[I-].[I-].[I-].[I-].[I-].[I-]. The van der Waals surface area contributed by atoms with Gasteiger partial charge in [-0.2, -0.15) is 0 Å². The molecule has 0 fully saturated rings. The first kappa shape index (κ1) is 98.5. The lowest BCUT2D eigenvalue weighted by atomic mass is 10.1. The van der Waals surface area contributed by atoms with Gasteiger partial charge in [0.1, 0.15) is 58.7 Å². The molecule has 0 heterocycles. The van der Waals surface area contributed by atoms with Crippen LogP contribution in [0.4, 0.5) is 55.6 Å². The third kappa shape index (κ3) is 37.0. The van der Waals surface area contributed by atoms with Crippen molar-refractivity contribution in [1.82, 2.24) is 26.9 Å². The molecule has 0 radical (unpaired) electrons. The Kier molecular flexibility index (Phi) is 50.2. The van der Waals surface area contributed by atoms with E-state index in [1.165, 1.54) is 56.1 Å². The van der Waals surface area contributed by atoms with Crippen LogP contribution in [0, 0.1) is 6.92 Å². The number of aryl methyl sites for hydroxylation is 1. The van der Waals surface area contributed by atoms with E-state index < -0.39 is 0 Å². The van der Waals surface area contributed by atoms with Gasteiger partial charge >= 0.3 is 0 Å². The van der Waals surface area contributed by atoms with E-state index in [9.17, 15) is 4.39 Å². The Balaban J connectivity index is -0.000000321. The van der Waals surface area contributed by atoms with Crippen molar-refractivity contribution >= 4 is 62.0 Å². The minimum Gasteiger partial charge on any atom is -1.00 e. The highest BCUT2D eigenvalue weighted by Gasteiger charge is 2.27.